The maximum atomic E-state index is 12.4. The average Bonchev–Trinajstić information content (AvgIpc) is 2.82. The van der Waals surface area contributed by atoms with Crippen LogP contribution in [0.2, 0.25) is 0 Å². The van der Waals surface area contributed by atoms with Crippen LogP contribution < -0.4 is 16.2 Å². The first kappa shape index (κ1) is 16.9. The van der Waals surface area contributed by atoms with Gasteiger partial charge in [0.2, 0.25) is 5.91 Å². The van der Waals surface area contributed by atoms with E-state index in [2.05, 4.69) is 15.7 Å². The third-order valence-electron chi connectivity index (χ3n) is 4.12. The Hall–Kier alpha value is -2.96. The highest BCUT2D eigenvalue weighted by Gasteiger charge is 2.23. The number of nitrogens with zero attached hydrogens (tertiary/aromatic N) is 2. The first-order chi connectivity index (χ1) is 12.1. The maximum absolute atomic E-state index is 12.4. The van der Waals surface area contributed by atoms with Gasteiger partial charge in [-0.25, -0.2) is 4.68 Å². The van der Waals surface area contributed by atoms with Crippen LogP contribution in [-0.4, -0.2) is 34.2 Å². The quantitative estimate of drug-likeness (QED) is 0.856. The van der Waals surface area contributed by atoms with Gasteiger partial charge in [0.25, 0.3) is 11.5 Å². The fraction of sp³-hybridized carbons (Fsp3) is 0.333. The van der Waals surface area contributed by atoms with Crippen molar-refractivity contribution in [1.29, 1.82) is 0 Å². The van der Waals surface area contributed by atoms with Crippen LogP contribution in [0, 0.1) is 0 Å². The Morgan fingerprint density at radius 1 is 1.16 bits per heavy atom. The Bertz CT molecular complexity index is 817. The van der Waals surface area contributed by atoms with Gasteiger partial charge in [-0.05, 0) is 30.9 Å². The zero-order valence-electron chi connectivity index (χ0n) is 13.8. The summed E-state index contributed by atoms with van der Waals surface area (Å²) < 4.78 is 1.25. The van der Waals surface area contributed by atoms with Gasteiger partial charge in [-0.3, -0.25) is 14.4 Å². The van der Waals surface area contributed by atoms with Crippen LogP contribution in [-0.2, 0) is 11.3 Å². The Morgan fingerprint density at radius 3 is 2.76 bits per heavy atom. The molecule has 2 aromatic rings. The van der Waals surface area contributed by atoms with Gasteiger partial charge >= 0.3 is 0 Å². The molecule has 0 unspecified atom stereocenters. The van der Waals surface area contributed by atoms with E-state index < -0.39 is 11.9 Å². The second kappa shape index (κ2) is 7.74. The zero-order valence-corrected chi connectivity index (χ0v) is 13.8. The van der Waals surface area contributed by atoms with E-state index in [1.54, 1.807) is 0 Å². The fourth-order valence-electron chi connectivity index (χ4n) is 2.75. The van der Waals surface area contributed by atoms with Crippen molar-refractivity contribution in [1.82, 2.24) is 20.4 Å². The molecule has 1 aromatic heterocycles. The number of carbonyl (C=O) groups excluding carboxylic acids is 2. The number of rotatable bonds is 4. The van der Waals surface area contributed by atoms with Crippen LogP contribution in [0.4, 0.5) is 0 Å². The summed E-state index contributed by atoms with van der Waals surface area (Å²) in [5, 5.41) is 9.62. The lowest BCUT2D eigenvalue weighted by molar-refractivity contribution is -0.122. The molecule has 1 fully saturated rings. The molecule has 2 heterocycles. The van der Waals surface area contributed by atoms with Crippen molar-refractivity contribution in [2.75, 3.05) is 6.54 Å². The lowest BCUT2D eigenvalue weighted by atomic mass is 10.1. The number of hydrogen-bond donors (Lipinski definition) is 2. The average molecular weight is 340 g/mol. The van der Waals surface area contributed by atoms with E-state index in [4.69, 9.17) is 0 Å². The van der Waals surface area contributed by atoms with Gasteiger partial charge < -0.3 is 10.6 Å². The highest BCUT2D eigenvalue weighted by atomic mass is 16.2. The van der Waals surface area contributed by atoms with Crippen molar-refractivity contribution in [2.45, 2.75) is 31.8 Å². The van der Waals surface area contributed by atoms with Gasteiger partial charge in [0.1, 0.15) is 11.7 Å². The van der Waals surface area contributed by atoms with E-state index >= 15 is 0 Å². The first-order valence-corrected chi connectivity index (χ1v) is 8.34. The molecule has 0 saturated carbocycles. The van der Waals surface area contributed by atoms with E-state index in [-0.39, 0.29) is 23.7 Å². The largest absolute Gasteiger partial charge is 0.354 e. The van der Waals surface area contributed by atoms with Crippen LogP contribution >= 0.6 is 0 Å². The van der Waals surface area contributed by atoms with Gasteiger partial charge in [-0.2, -0.15) is 5.10 Å². The summed E-state index contributed by atoms with van der Waals surface area (Å²) in [6, 6.07) is 11.6. The van der Waals surface area contributed by atoms with E-state index in [0.717, 1.165) is 18.4 Å². The number of aromatic nitrogens is 2. The number of amides is 2. The first-order valence-electron chi connectivity index (χ1n) is 8.34. The van der Waals surface area contributed by atoms with E-state index in [9.17, 15) is 14.4 Å². The van der Waals surface area contributed by atoms with E-state index in [1.807, 2.05) is 30.3 Å². The molecule has 0 radical (unpaired) electrons. The fourth-order valence-corrected chi connectivity index (χ4v) is 2.75. The molecule has 0 aliphatic carbocycles. The van der Waals surface area contributed by atoms with Gasteiger partial charge in [0.05, 0.1) is 6.54 Å². The van der Waals surface area contributed by atoms with Crippen molar-refractivity contribution in [2.24, 2.45) is 0 Å². The van der Waals surface area contributed by atoms with Crippen LogP contribution in [0.25, 0.3) is 0 Å². The van der Waals surface area contributed by atoms with Gasteiger partial charge in [0.15, 0.2) is 0 Å². The summed E-state index contributed by atoms with van der Waals surface area (Å²) in [4.78, 5) is 36.4. The lowest BCUT2D eigenvalue weighted by Gasteiger charge is -2.15. The maximum Gasteiger partial charge on any atom is 0.272 e. The molecule has 7 nitrogen and oxygen atoms in total. The summed E-state index contributed by atoms with van der Waals surface area (Å²) in [7, 11) is 0. The predicted molar refractivity (Wildman–Crippen MR) is 92.2 cm³/mol. The Labute approximate surface area is 145 Å². The van der Waals surface area contributed by atoms with Crippen LogP contribution in [0.1, 0.15) is 35.3 Å². The van der Waals surface area contributed by atoms with E-state index in [0.29, 0.717) is 13.0 Å². The summed E-state index contributed by atoms with van der Waals surface area (Å²) in [5.41, 5.74) is 0.748. The molecule has 1 aromatic carbocycles. The molecule has 7 heteroatoms. The van der Waals surface area contributed by atoms with Crippen molar-refractivity contribution >= 4 is 11.8 Å². The SMILES string of the molecule is O=C(N[C@H]1CCCCNC1=O)c1ccc(=O)n(Cc2ccccc2)n1. The third kappa shape index (κ3) is 4.32. The second-order valence-electron chi connectivity index (χ2n) is 6.01. The molecule has 1 aliphatic rings. The standard InChI is InChI=1S/C18H20N4O3/c23-16-10-9-15(21-22(16)12-13-6-2-1-3-7-13)18(25)20-14-8-4-5-11-19-17(14)24/h1-3,6-7,9-10,14H,4-5,8,11-12H2,(H,19,24)(H,20,25)/t14-/m0/s1. The minimum absolute atomic E-state index is 0.118. The Kier molecular flexibility index (Phi) is 5.23. The second-order valence-corrected chi connectivity index (χ2v) is 6.01. The normalized spacial score (nSPS) is 17.4. The number of benzene rings is 1. The topological polar surface area (TPSA) is 93.1 Å². The third-order valence-corrected chi connectivity index (χ3v) is 4.12. The summed E-state index contributed by atoms with van der Waals surface area (Å²) in [5.74, 6) is -0.632. The molecule has 130 valence electrons. The molecule has 2 N–H and O–H groups in total. The van der Waals surface area contributed by atoms with Gasteiger partial charge in [-0.1, -0.05) is 30.3 Å². The molecule has 2 amide bonds. The number of nitrogens with one attached hydrogen (secondary N) is 2. The molecule has 0 bridgehead atoms. The summed E-state index contributed by atoms with van der Waals surface area (Å²) >= 11 is 0. The van der Waals surface area contributed by atoms with Crippen molar-refractivity contribution in [3.63, 3.8) is 0 Å². The van der Waals surface area contributed by atoms with Gasteiger partial charge in [0, 0.05) is 12.6 Å². The van der Waals surface area contributed by atoms with Crippen LogP contribution in [0.3, 0.4) is 0 Å². The monoisotopic (exact) mass is 340 g/mol. The van der Waals surface area contributed by atoms with Gasteiger partial charge in [-0.15, -0.1) is 0 Å². The minimum atomic E-state index is -0.564. The molecule has 1 atom stereocenters. The van der Waals surface area contributed by atoms with E-state index in [1.165, 1.54) is 16.8 Å². The molecule has 3 rings (SSSR count). The molecule has 1 saturated heterocycles. The molecular weight excluding hydrogens is 320 g/mol. The highest BCUT2D eigenvalue weighted by molar-refractivity contribution is 5.96. The highest BCUT2D eigenvalue weighted by Crippen LogP contribution is 2.06. The smallest absolute Gasteiger partial charge is 0.272 e. The molecule has 0 spiro atoms. The van der Waals surface area contributed by atoms with Crippen LogP contribution in [0.5, 0.6) is 0 Å². The van der Waals surface area contributed by atoms with Crippen molar-refractivity contribution in [3.8, 4) is 0 Å². The summed E-state index contributed by atoms with van der Waals surface area (Å²) in [6.45, 7) is 0.913. The molecular formula is C18H20N4O3. The Balaban J connectivity index is 1.75. The summed E-state index contributed by atoms with van der Waals surface area (Å²) in [6.07, 6.45) is 2.37. The van der Waals surface area contributed by atoms with Crippen LogP contribution in [0.15, 0.2) is 47.3 Å². The molecule has 25 heavy (non-hydrogen) atoms. The number of carbonyl (C=O) groups is 2. The lowest BCUT2D eigenvalue weighted by Crippen LogP contribution is -2.46. The minimum Gasteiger partial charge on any atom is -0.354 e. The van der Waals surface area contributed by atoms with Crippen molar-refractivity contribution in [3.05, 3.63) is 64.1 Å². The zero-order chi connectivity index (χ0) is 17.6. The Morgan fingerprint density at radius 2 is 1.96 bits per heavy atom. The predicted octanol–water partition coefficient (Wildman–Crippen LogP) is 0.690. The van der Waals surface area contributed by atoms with Crippen molar-refractivity contribution < 1.29 is 9.59 Å². The number of hydrogen-bond acceptors (Lipinski definition) is 4. The molecule has 1 aliphatic heterocycles.